The van der Waals surface area contributed by atoms with Crippen molar-refractivity contribution in [1.82, 2.24) is 0 Å². The van der Waals surface area contributed by atoms with E-state index < -0.39 is 217 Å². The maximum atomic E-state index is 11.1. The fraction of sp³-hybridized carbons (Fsp3) is 0.829. The third-order valence-corrected chi connectivity index (χ3v) is 10.5. The Kier molecular flexibility index (Phi) is 20.2. The number of aliphatic hydroxyl groups is 20. The molecule has 0 aromatic heterocycles. The summed E-state index contributed by atoms with van der Waals surface area (Å²) in [6, 6.07) is 0. The van der Waals surface area contributed by atoms with Crippen molar-refractivity contribution in [2.45, 2.75) is 142 Å². The molecule has 8 aliphatic heterocycles. The summed E-state index contributed by atoms with van der Waals surface area (Å²) in [5.74, 6) is -8.59. The summed E-state index contributed by atoms with van der Waals surface area (Å²) >= 11 is 0. The van der Waals surface area contributed by atoms with Gasteiger partial charge in [-0.25, -0.2) is 0 Å². The van der Waals surface area contributed by atoms with Crippen molar-refractivity contribution in [3.05, 3.63) is 34.7 Å². The minimum atomic E-state index is -2.70. The highest BCUT2D eigenvalue weighted by atomic mass is 16.8. The van der Waals surface area contributed by atoms with Gasteiger partial charge in [-0.3, -0.25) is 0 Å². The predicted octanol–water partition coefficient (Wildman–Crippen LogP) is -7.65. The Hall–Kier alpha value is -3.06. The highest BCUT2D eigenvalue weighted by molar-refractivity contribution is 5.11. The monoisotopic (exact) mass is 942 g/mol. The minimum absolute atomic E-state index is 0.634. The quantitative estimate of drug-likeness (QED) is 0.102. The van der Waals surface area contributed by atoms with Crippen molar-refractivity contribution < 1.29 is 145 Å². The van der Waals surface area contributed by atoms with Crippen LogP contribution in [-0.4, -0.2) is 265 Å². The fourth-order valence-corrected chi connectivity index (χ4v) is 6.96. The van der Waals surface area contributed by atoms with E-state index in [1.54, 1.807) is 0 Å². The molecule has 0 aromatic rings. The molecule has 6 bridgehead atoms. The van der Waals surface area contributed by atoms with Gasteiger partial charge in [-0.2, -0.15) is 0 Å². The van der Waals surface area contributed by atoms with Gasteiger partial charge >= 0.3 is 5.95 Å². The SMILES string of the molecule is OCC[C@H]1O[C@H]2OC(CO)[C@@H](O[C@H]3OC(CO)[C@@H](O/C(O)=C(/O)[C@@H](CCO)O[C@H]4OC(CO)[C@@H](O[C@@H](O)/C(O)=C(\O)[C@@H](CCO)O[C@@H](O)C(O)=C1O)C(O)C4O)C(O)C3O)C(O)C2O. The first-order valence-electron chi connectivity index (χ1n) is 19.7. The molecule has 0 amide bonds. The molecule has 0 saturated carbocycles. The van der Waals surface area contributed by atoms with Crippen LogP contribution in [0.2, 0.25) is 0 Å². The van der Waals surface area contributed by atoms with Crippen LogP contribution in [0.3, 0.4) is 0 Å². The Labute approximate surface area is 361 Å². The third-order valence-electron chi connectivity index (χ3n) is 10.5. The van der Waals surface area contributed by atoms with E-state index in [0.29, 0.717) is 0 Å². The second-order valence-corrected chi connectivity index (χ2v) is 14.8. The molecular formula is C35H58O29. The first-order valence-corrected chi connectivity index (χ1v) is 19.7. The van der Waals surface area contributed by atoms with E-state index in [-0.39, 0.29) is 0 Å². The second-order valence-electron chi connectivity index (χ2n) is 14.8. The topological polar surface area (TPSA) is 488 Å². The smallest absolute Gasteiger partial charge is 0.319 e. The van der Waals surface area contributed by atoms with Crippen LogP contribution in [0, 0.1) is 0 Å². The zero-order valence-corrected chi connectivity index (χ0v) is 33.5. The lowest BCUT2D eigenvalue weighted by Crippen LogP contribution is -2.65. The van der Waals surface area contributed by atoms with Gasteiger partial charge in [-0.1, -0.05) is 0 Å². The summed E-state index contributed by atoms with van der Waals surface area (Å²) in [6.45, 7) is -5.76. The first kappa shape index (κ1) is 53.6. The molecule has 9 unspecified atom stereocenters. The van der Waals surface area contributed by atoms with Gasteiger partial charge in [0.1, 0.15) is 85.5 Å². The lowest BCUT2D eigenvalue weighted by atomic mass is 9.96. The Morgan fingerprint density at radius 2 is 0.656 bits per heavy atom. The summed E-state index contributed by atoms with van der Waals surface area (Å²) in [5, 5.41) is 212. The van der Waals surface area contributed by atoms with Crippen molar-refractivity contribution in [3.63, 3.8) is 0 Å². The maximum absolute atomic E-state index is 11.1. The van der Waals surface area contributed by atoms with Gasteiger partial charge in [0, 0.05) is 39.1 Å². The normalized spacial score (nSPS) is 45.2. The summed E-state index contributed by atoms with van der Waals surface area (Å²) < 4.78 is 48.5. The van der Waals surface area contributed by atoms with Gasteiger partial charge in [0.05, 0.1) is 19.8 Å². The second kappa shape index (κ2) is 24.1. The molecule has 20 atom stereocenters. The molecule has 8 rings (SSSR count). The van der Waals surface area contributed by atoms with Gasteiger partial charge in [-0.15, -0.1) is 0 Å². The minimum Gasteiger partial charge on any atom is -0.506 e. The zero-order chi connectivity index (χ0) is 47.7. The molecule has 8 aliphatic rings. The Morgan fingerprint density at radius 1 is 0.328 bits per heavy atom. The zero-order valence-electron chi connectivity index (χ0n) is 33.5. The Balaban J connectivity index is 1.78. The summed E-state index contributed by atoms with van der Waals surface area (Å²) in [6.07, 6.45) is -44.1. The van der Waals surface area contributed by atoms with Gasteiger partial charge in [0.2, 0.25) is 18.3 Å². The van der Waals surface area contributed by atoms with E-state index in [0.717, 1.165) is 0 Å². The molecule has 29 nitrogen and oxygen atoms in total. The molecule has 372 valence electrons. The maximum Gasteiger partial charge on any atom is 0.319 e. The van der Waals surface area contributed by atoms with E-state index in [1.165, 1.54) is 0 Å². The number of rotatable bonds is 9. The van der Waals surface area contributed by atoms with Gasteiger partial charge in [0.15, 0.2) is 48.0 Å². The number of ether oxygens (including phenoxy) is 9. The van der Waals surface area contributed by atoms with Gasteiger partial charge in [0.25, 0.3) is 0 Å². The van der Waals surface area contributed by atoms with Crippen LogP contribution in [0.25, 0.3) is 0 Å². The van der Waals surface area contributed by atoms with Crippen molar-refractivity contribution in [3.8, 4) is 0 Å². The highest BCUT2D eigenvalue weighted by Gasteiger charge is 2.53. The van der Waals surface area contributed by atoms with E-state index >= 15 is 0 Å². The predicted molar refractivity (Wildman–Crippen MR) is 196 cm³/mol. The molecule has 0 spiro atoms. The van der Waals surface area contributed by atoms with Gasteiger partial charge in [-0.05, 0) is 0 Å². The van der Waals surface area contributed by atoms with Crippen molar-refractivity contribution >= 4 is 0 Å². The van der Waals surface area contributed by atoms with Gasteiger partial charge < -0.3 is 145 Å². The third kappa shape index (κ3) is 12.1. The number of aliphatic hydroxyl groups excluding tert-OH is 20. The highest BCUT2D eigenvalue weighted by Crippen LogP contribution is 2.34. The van der Waals surface area contributed by atoms with Crippen LogP contribution in [-0.2, 0) is 42.6 Å². The summed E-state index contributed by atoms with van der Waals surface area (Å²) in [5.41, 5.74) is 0. The molecule has 64 heavy (non-hydrogen) atoms. The standard InChI is InChI=1S/C35H58O29/c36-4-1-10-16(42)23(49)32(55)63-28-13(7-39)59-34(24(50)19(28)45)58-12(3-6-38)18(44)30(53)62-27-14(8-40)61-35(26(52)20(27)46)64-29-15(9-41)60-33(25(51)21(29)47)57-11(2-5-37)17(43)22(48)31(54)56-10/h10-15,19-21,24-29,31-55H,1-9H2/b22-17?,23-16+,30-18+/t10-,11-,12-,13?,14?,15?,19?,20?,21?,24?,25?,26?,27-,28-,29-,31-,32-,33+,34+,35-/m1/s1. The molecule has 20 N–H and O–H groups in total. The Bertz CT molecular complexity index is 1540. The molecule has 3 saturated heterocycles. The summed E-state index contributed by atoms with van der Waals surface area (Å²) in [7, 11) is 0. The first-order chi connectivity index (χ1) is 30.3. The van der Waals surface area contributed by atoms with E-state index in [1.807, 2.05) is 0 Å². The van der Waals surface area contributed by atoms with Crippen LogP contribution in [0.1, 0.15) is 19.3 Å². The number of fused-ring (bicyclic) bond motifs is 1. The molecule has 0 aromatic carbocycles. The van der Waals surface area contributed by atoms with Crippen LogP contribution in [0.5, 0.6) is 0 Å². The molecule has 29 heteroatoms. The molecule has 0 radical (unpaired) electrons. The average Bonchev–Trinajstić information content (AvgIpc) is 3.28. The fourth-order valence-electron chi connectivity index (χ4n) is 6.96. The van der Waals surface area contributed by atoms with Crippen molar-refractivity contribution in [1.29, 1.82) is 0 Å². The largest absolute Gasteiger partial charge is 0.506 e. The van der Waals surface area contributed by atoms with Crippen molar-refractivity contribution in [2.75, 3.05) is 39.6 Å². The molecule has 3 fully saturated rings. The molecular weight excluding hydrogens is 884 g/mol. The lowest BCUT2D eigenvalue weighted by Gasteiger charge is -2.46. The number of hydrogen-bond donors (Lipinski definition) is 20. The van der Waals surface area contributed by atoms with E-state index in [4.69, 9.17) is 42.6 Å². The average molecular weight is 943 g/mol. The molecule has 0 aliphatic carbocycles. The van der Waals surface area contributed by atoms with E-state index in [9.17, 15) is 102 Å². The van der Waals surface area contributed by atoms with Crippen LogP contribution < -0.4 is 0 Å². The summed E-state index contributed by atoms with van der Waals surface area (Å²) in [4.78, 5) is 0. The number of hydrogen-bond acceptors (Lipinski definition) is 29. The van der Waals surface area contributed by atoms with Crippen molar-refractivity contribution in [2.24, 2.45) is 0 Å². The molecule has 8 heterocycles. The van der Waals surface area contributed by atoms with Crippen LogP contribution in [0.4, 0.5) is 0 Å². The lowest BCUT2D eigenvalue weighted by molar-refractivity contribution is -0.364. The Morgan fingerprint density at radius 3 is 1.06 bits per heavy atom. The van der Waals surface area contributed by atoms with Crippen LogP contribution in [0.15, 0.2) is 34.7 Å². The van der Waals surface area contributed by atoms with Crippen LogP contribution >= 0.6 is 0 Å². The van der Waals surface area contributed by atoms with E-state index in [2.05, 4.69) is 0 Å².